The van der Waals surface area contributed by atoms with Gasteiger partial charge in [0, 0.05) is 44.9 Å². The van der Waals surface area contributed by atoms with Crippen molar-refractivity contribution in [3.8, 4) is 0 Å². The first-order valence-electron chi connectivity index (χ1n) is 7.67. The molecule has 4 unspecified atom stereocenters. The Morgan fingerprint density at radius 2 is 2.00 bits per heavy atom. The Morgan fingerprint density at radius 1 is 1.17 bits per heavy atom. The Kier molecular flexibility index (Phi) is 3.65. The first-order valence-corrected chi connectivity index (χ1v) is 7.67. The molecule has 3 heterocycles. The van der Waals surface area contributed by atoms with Crippen LogP contribution in [0.1, 0.15) is 26.7 Å². The highest BCUT2D eigenvalue weighted by molar-refractivity contribution is 4.96. The van der Waals surface area contributed by atoms with Gasteiger partial charge in [0.15, 0.2) is 0 Å². The smallest absolute Gasteiger partial charge is 0.0497 e. The number of likely N-dealkylation sites (N-methyl/N-ethyl adjacent to an activating group) is 1. The van der Waals surface area contributed by atoms with Crippen molar-refractivity contribution in [3.63, 3.8) is 0 Å². The third-order valence-corrected chi connectivity index (χ3v) is 5.29. The standard InChI is InChI=1S/C15H28N2O/c1-11(2)17-8-12-6-13-10-18-5-4-14(13)15(17)9-16(3)7-12/h11-15H,4-10H2,1-3H3. The van der Waals surface area contributed by atoms with Gasteiger partial charge in [0.1, 0.15) is 0 Å². The van der Waals surface area contributed by atoms with Crippen LogP contribution in [0.5, 0.6) is 0 Å². The zero-order valence-corrected chi connectivity index (χ0v) is 12.1. The van der Waals surface area contributed by atoms with Crippen molar-refractivity contribution in [1.29, 1.82) is 0 Å². The number of ether oxygens (including phenoxy) is 1. The van der Waals surface area contributed by atoms with E-state index in [9.17, 15) is 0 Å². The molecule has 2 bridgehead atoms. The first kappa shape index (κ1) is 12.9. The van der Waals surface area contributed by atoms with Gasteiger partial charge in [-0.05, 0) is 51.5 Å². The van der Waals surface area contributed by atoms with Gasteiger partial charge in [-0.3, -0.25) is 4.90 Å². The van der Waals surface area contributed by atoms with E-state index in [1.807, 2.05) is 0 Å². The molecule has 0 aromatic carbocycles. The molecule has 3 heteroatoms. The minimum absolute atomic E-state index is 0.686. The van der Waals surface area contributed by atoms with Crippen LogP contribution >= 0.6 is 0 Å². The molecule has 0 saturated carbocycles. The van der Waals surface area contributed by atoms with Crippen LogP contribution in [0.3, 0.4) is 0 Å². The number of rotatable bonds is 1. The molecule has 3 aliphatic rings. The lowest BCUT2D eigenvalue weighted by molar-refractivity contribution is -0.0251. The van der Waals surface area contributed by atoms with E-state index in [1.165, 1.54) is 32.5 Å². The maximum absolute atomic E-state index is 5.75. The van der Waals surface area contributed by atoms with Crippen LogP contribution in [0.15, 0.2) is 0 Å². The quantitative estimate of drug-likeness (QED) is 0.706. The van der Waals surface area contributed by atoms with Gasteiger partial charge in [-0.25, -0.2) is 0 Å². The zero-order chi connectivity index (χ0) is 12.7. The second kappa shape index (κ2) is 5.10. The van der Waals surface area contributed by atoms with E-state index in [-0.39, 0.29) is 0 Å². The van der Waals surface area contributed by atoms with Crippen molar-refractivity contribution in [1.82, 2.24) is 9.80 Å². The molecule has 3 fully saturated rings. The number of nitrogens with zero attached hydrogens (tertiary/aromatic N) is 2. The highest BCUT2D eigenvalue weighted by Crippen LogP contribution is 2.39. The Labute approximate surface area is 111 Å². The molecule has 18 heavy (non-hydrogen) atoms. The fourth-order valence-corrected chi connectivity index (χ4v) is 4.55. The summed E-state index contributed by atoms with van der Waals surface area (Å²) in [6.07, 6.45) is 2.66. The molecule has 0 radical (unpaired) electrons. The molecular formula is C15H28N2O. The van der Waals surface area contributed by atoms with Gasteiger partial charge in [-0.2, -0.15) is 0 Å². The second-order valence-corrected chi connectivity index (χ2v) is 6.97. The first-order chi connectivity index (χ1) is 8.65. The average Bonchev–Trinajstić information content (AvgIpc) is 2.56. The van der Waals surface area contributed by atoms with E-state index in [1.54, 1.807) is 0 Å². The van der Waals surface area contributed by atoms with Gasteiger partial charge in [-0.1, -0.05) is 0 Å². The van der Waals surface area contributed by atoms with Crippen molar-refractivity contribution in [2.75, 3.05) is 39.9 Å². The lowest BCUT2D eigenvalue weighted by atomic mass is 9.78. The van der Waals surface area contributed by atoms with Crippen LogP contribution < -0.4 is 0 Å². The van der Waals surface area contributed by atoms with Crippen LogP contribution in [-0.4, -0.2) is 61.8 Å². The number of likely N-dealkylation sites (tertiary alicyclic amines) is 1. The molecule has 104 valence electrons. The zero-order valence-electron chi connectivity index (χ0n) is 12.1. The van der Waals surface area contributed by atoms with Gasteiger partial charge < -0.3 is 9.64 Å². The Hall–Kier alpha value is -0.120. The Balaban J connectivity index is 1.89. The SMILES string of the molecule is CC(C)N1CC2CC3COCCC3C1CN(C)C2. The number of hydrogen-bond acceptors (Lipinski definition) is 3. The van der Waals surface area contributed by atoms with E-state index < -0.39 is 0 Å². The van der Waals surface area contributed by atoms with Crippen LogP contribution in [0, 0.1) is 17.8 Å². The molecule has 3 rings (SSSR count). The van der Waals surface area contributed by atoms with Crippen LogP contribution in [-0.2, 0) is 4.74 Å². The van der Waals surface area contributed by atoms with E-state index in [2.05, 4.69) is 30.7 Å². The number of fused-ring (bicyclic) bond motifs is 5. The highest BCUT2D eigenvalue weighted by atomic mass is 16.5. The summed E-state index contributed by atoms with van der Waals surface area (Å²) in [5.74, 6) is 2.54. The topological polar surface area (TPSA) is 15.7 Å². The lowest BCUT2D eigenvalue weighted by Gasteiger charge is -2.43. The molecule has 0 amide bonds. The van der Waals surface area contributed by atoms with Crippen molar-refractivity contribution in [2.24, 2.45) is 17.8 Å². The van der Waals surface area contributed by atoms with Gasteiger partial charge >= 0.3 is 0 Å². The van der Waals surface area contributed by atoms with E-state index in [0.717, 1.165) is 37.0 Å². The fraction of sp³-hybridized carbons (Fsp3) is 1.00. The molecule has 0 aromatic rings. The van der Waals surface area contributed by atoms with E-state index >= 15 is 0 Å². The summed E-state index contributed by atoms with van der Waals surface area (Å²) in [6.45, 7) is 10.6. The molecular weight excluding hydrogens is 224 g/mol. The second-order valence-electron chi connectivity index (χ2n) is 6.97. The minimum Gasteiger partial charge on any atom is -0.381 e. The Morgan fingerprint density at radius 3 is 2.78 bits per heavy atom. The normalized spacial score (nSPS) is 42.7. The molecule has 4 atom stereocenters. The summed E-state index contributed by atoms with van der Waals surface area (Å²) < 4.78 is 5.75. The monoisotopic (exact) mass is 252 g/mol. The van der Waals surface area contributed by atoms with Crippen molar-refractivity contribution in [3.05, 3.63) is 0 Å². The molecule has 0 N–H and O–H groups in total. The lowest BCUT2D eigenvalue weighted by Crippen LogP contribution is -2.51. The molecule has 0 spiro atoms. The van der Waals surface area contributed by atoms with E-state index in [4.69, 9.17) is 4.74 Å². The van der Waals surface area contributed by atoms with Crippen LogP contribution in [0.4, 0.5) is 0 Å². The summed E-state index contributed by atoms with van der Waals surface area (Å²) in [4.78, 5) is 5.37. The largest absolute Gasteiger partial charge is 0.381 e. The van der Waals surface area contributed by atoms with Crippen LogP contribution in [0.25, 0.3) is 0 Å². The summed E-state index contributed by atoms with van der Waals surface area (Å²) in [5, 5.41) is 0. The van der Waals surface area contributed by atoms with Crippen molar-refractivity contribution < 1.29 is 4.74 Å². The van der Waals surface area contributed by atoms with Gasteiger partial charge in [0.25, 0.3) is 0 Å². The highest BCUT2D eigenvalue weighted by Gasteiger charge is 2.43. The molecule has 3 aliphatic heterocycles. The third-order valence-electron chi connectivity index (χ3n) is 5.29. The van der Waals surface area contributed by atoms with Crippen molar-refractivity contribution in [2.45, 2.75) is 38.8 Å². The molecule has 3 nitrogen and oxygen atoms in total. The fourth-order valence-electron chi connectivity index (χ4n) is 4.55. The maximum atomic E-state index is 5.75. The average molecular weight is 252 g/mol. The molecule has 0 aromatic heterocycles. The number of hydrogen-bond donors (Lipinski definition) is 0. The maximum Gasteiger partial charge on any atom is 0.0497 e. The minimum atomic E-state index is 0.686. The summed E-state index contributed by atoms with van der Waals surface area (Å²) in [7, 11) is 2.31. The predicted octanol–water partition coefficient (Wildman–Crippen LogP) is 1.68. The Bertz CT molecular complexity index is 294. The van der Waals surface area contributed by atoms with Crippen LogP contribution in [0.2, 0.25) is 0 Å². The predicted molar refractivity (Wildman–Crippen MR) is 73.7 cm³/mol. The molecule has 3 saturated heterocycles. The van der Waals surface area contributed by atoms with Gasteiger partial charge in [0.05, 0.1) is 0 Å². The van der Waals surface area contributed by atoms with E-state index in [0.29, 0.717) is 6.04 Å². The van der Waals surface area contributed by atoms with Gasteiger partial charge in [-0.15, -0.1) is 0 Å². The third kappa shape index (κ3) is 2.33. The summed E-state index contributed by atoms with van der Waals surface area (Å²) in [5.41, 5.74) is 0. The molecule has 0 aliphatic carbocycles. The summed E-state index contributed by atoms with van der Waals surface area (Å²) in [6, 6.07) is 1.45. The van der Waals surface area contributed by atoms with Gasteiger partial charge in [0.2, 0.25) is 0 Å². The van der Waals surface area contributed by atoms with Crippen molar-refractivity contribution >= 4 is 0 Å². The summed E-state index contributed by atoms with van der Waals surface area (Å²) >= 11 is 0.